The molecule has 0 saturated heterocycles. The molecule has 0 aromatic heterocycles. The molecule has 0 fully saturated rings. The van der Waals surface area contributed by atoms with Gasteiger partial charge in [-0.05, 0) is 25.0 Å². The minimum Gasteiger partial charge on any atom is -0.493 e. The normalized spacial score (nSPS) is 13.4. The third-order valence-corrected chi connectivity index (χ3v) is 6.22. The van der Waals surface area contributed by atoms with E-state index in [-0.39, 0.29) is 59.8 Å². The van der Waals surface area contributed by atoms with Crippen LogP contribution in [-0.4, -0.2) is 62.2 Å². The molecule has 0 heterocycles. The highest BCUT2D eigenvalue weighted by Crippen LogP contribution is 2.38. The standard InChI is InChI=1S/C20H20O10S2/c21-19-13-5-1-2-6-14(13)20(22)18-16(30-10-4-12-32(26,27)28)8-7-15(17(18)19)29-9-3-11-31(23,24)25/h1-2,5-8H,3-4,9-12H2,(H,23,24,25)(H,26,27,28). The number of ketones is 2. The summed E-state index contributed by atoms with van der Waals surface area (Å²) in [6.45, 7) is -0.270. The topological polar surface area (TPSA) is 161 Å². The Morgan fingerprint density at radius 2 is 1.03 bits per heavy atom. The summed E-state index contributed by atoms with van der Waals surface area (Å²) in [5.41, 5.74) is 0.258. The summed E-state index contributed by atoms with van der Waals surface area (Å²) < 4.78 is 72.2. The van der Waals surface area contributed by atoms with Crippen LogP contribution in [0.1, 0.15) is 44.7 Å². The Kier molecular flexibility index (Phi) is 6.98. The molecule has 0 amide bonds. The summed E-state index contributed by atoms with van der Waals surface area (Å²) in [6, 6.07) is 9.00. The summed E-state index contributed by atoms with van der Waals surface area (Å²) >= 11 is 0. The van der Waals surface area contributed by atoms with E-state index in [9.17, 15) is 26.4 Å². The van der Waals surface area contributed by atoms with Crippen LogP contribution in [-0.2, 0) is 20.2 Å². The molecular formula is C20H20O10S2. The average molecular weight is 485 g/mol. The molecule has 12 heteroatoms. The highest BCUT2D eigenvalue weighted by Gasteiger charge is 2.35. The van der Waals surface area contributed by atoms with Crippen molar-refractivity contribution in [2.24, 2.45) is 0 Å². The van der Waals surface area contributed by atoms with Gasteiger partial charge in [0.15, 0.2) is 11.6 Å². The van der Waals surface area contributed by atoms with Gasteiger partial charge in [-0.3, -0.25) is 18.7 Å². The largest absolute Gasteiger partial charge is 0.493 e. The van der Waals surface area contributed by atoms with Gasteiger partial charge in [0.2, 0.25) is 0 Å². The Labute approximate surface area is 184 Å². The van der Waals surface area contributed by atoms with Gasteiger partial charge >= 0.3 is 0 Å². The summed E-state index contributed by atoms with van der Waals surface area (Å²) in [6.07, 6.45) is -0.0829. The monoisotopic (exact) mass is 484 g/mol. The van der Waals surface area contributed by atoms with E-state index < -0.39 is 43.3 Å². The van der Waals surface area contributed by atoms with Crippen LogP contribution >= 0.6 is 0 Å². The minimum atomic E-state index is -4.17. The third kappa shape index (κ3) is 5.71. The van der Waals surface area contributed by atoms with Crippen molar-refractivity contribution < 1.29 is 45.0 Å². The summed E-state index contributed by atoms with van der Waals surface area (Å²) in [5, 5.41) is 0. The molecule has 1 aliphatic carbocycles. The van der Waals surface area contributed by atoms with Gasteiger partial charge in [-0.25, -0.2) is 0 Å². The maximum atomic E-state index is 13.1. The van der Waals surface area contributed by atoms with Crippen molar-refractivity contribution in [1.29, 1.82) is 0 Å². The zero-order valence-corrected chi connectivity index (χ0v) is 18.3. The number of fused-ring (bicyclic) bond motifs is 2. The molecule has 2 aromatic rings. The molecule has 10 nitrogen and oxygen atoms in total. The average Bonchev–Trinajstić information content (AvgIpc) is 2.71. The second kappa shape index (κ2) is 9.36. The van der Waals surface area contributed by atoms with Gasteiger partial charge in [0, 0.05) is 11.1 Å². The van der Waals surface area contributed by atoms with Crippen LogP contribution in [0, 0.1) is 0 Å². The first-order valence-corrected chi connectivity index (χ1v) is 12.7. The van der Waals surface area contributed by atoms with Gasteiger partial charge in [0.05, 0.1) is 35.8 Å². The van der Waals surface area contributed by atoms with Crippen LogP contribution < -0.4 is 9.47 Å². The molecule has 0 spiro atoms. The van der Waals surface area contributed by atoms with Crippen LogP contribution in [0.4, 0.5) is 0 Å². The maximum Gasteiger partial charge on any atom is 0.264 e. The van der Waals surface area contributed by atoms with Crippen molar-refractivity contribution >= 4 is 31.8 Å². The number of hydrogen-bond acceptors (Lipinski definition) is 8. The highest BCUT2D eigenvalue weighted by atomic mass is 32.2. The van der Waals surface area contributed by atoms with Crippen LogP contribution in [0.3, 0.4) is 0 Å². The third-order valence-electron chi connectivity index (χ3n) is 4.61. The lowest BCUT2D eigenvalue weighted by Gasteiger charge is -2.22. The molecule has 0 atom stereocenters. The van der Waals surface area contributed by atoms with Gasteiger partial charge in [0.1, 0.15) is 11.5 Å². The SMILES string of the molecule is O=C1c2ccccc2C(=O)c2c(OCCCS(=O)(=O)O)ccc(OCCCS(=O)(=O)O)c21. The maximum absolute atomic E-state index is 13.1. The second-order valence-electron chi connectivity index (χ2n) is 6.99. The Balaban J connectivity index is 1.92. The predicted octanol–water partition coefficient (Wildman–Crippen LogP) is 1.78. The summed E-state index contributed by atoms with van der Waals surface area (Å²) in [5.74, 6) is -1.92. The number of carbonyl (C=O) groups excluding carboxylic acids is 2. The number of benzene rings is 2. The van der Waals surface area contributed by atoms with E-state index in [1.807, 2.05) is 0 Å². The molecule has 1 aliphatic rings. The van der Waals surface area contributed by atoms with Crippen molar-refractivity contribution in [3.63, 3.8) is 0 Å². The molecule has 0 saturated carbocycles. The molecule has 0 unspecified atom stereocenters. The second-order valence-corrected chi connectivity index (χ2v) is 10.1. The lowest BCUT2D eigenvalue weighted by Crippen LogP contribution is -2.23. The molecule has 0 radical (unpaired) electrons. The van der Waals surface area contributed by atoms with E-state index in [2.05, 4.69) is 0 Å². The van der Waals surface area contributed by atoms with Gasteiger partial charge in [-0.2, -0.15) is 16.8 Å². The molecule has 3 rings (SSSR count). The Hall–Kier alpha value is -2.80. The fraction of sp³-hybridized carbons (Fsp3) is 0.300. The molecule has 2 N–H and O–H groups in total. The lowest BCUT2D eigenvalue weighted by molar-refractivity contribution is 0.0972. The molecular weight excluding hydrogens is 464 g/mol. The minimum absolute atomic E-state index is 0.0415. The Morgan fingerprint density at radius 1 is 0.656 bits per heavy atom. The molecule has 0 aliphatic heterocycles. The molecule has 172 valence electrons. The van der Waals surface area contributed by atoms with Crippen molar-refractivity contribution in [2.45, 2.75) is 12.8 Å². The van der Waals surface area contributed by atoms with Crippen molar-refractivity contribution in [2.75, 3.05) is 24.7 Å². The van der Waals surface area contributed by atoms with Crippen molar-refractivity contribution in [3.8, 4) is 11.5 Å². The zero-order chi connectivity index (χ0) is 23.5. The molecule has 0 bridgehead atoms. The smallest absolute Gasteiger partial charge is 0.264 e. The van der Waals surface area contributed by atoms with E-state index in [1.165, 1.54) is 24.3 Å². The molecule has 2 aromatic carbocycles. The fourth-order valence-electron chi connectivity index (χ4n) is 3.25. The first-order valence-electron chi connectivity index (χ1n) is 9.49. The molecule has 32 heavy (non-hydrogen) atoms. The number of hydrogen-bond donors (Lipinski definition) is 2. The quantitative estimate of drug-likeness (QED) is 0.320. The van der Waals surface area contributed by atoms with Gasteiger partial charge in [-0.15, -0.1) is 0 Å². The zero-order valence-electron chi connectivity index (χ0n) is 16.7. The van der Waals surface area contributed by atoms with Crippen LogP contribution in [0.2, 0.25) is 0 Å². The van der Waals surface area contributed by atoms with Gasteiger partial charge in [-0.1, -0.05) is 24.3 Å². The van der Waals surface area contributed by atoms with E-state index in [0.717, 1.165) is 0 Å². The fourth-order valence-corrected chi connectivity index (χ4v) is 4.22. The van der Waals surface area contributed by atoms with Gasteiger partial charge in [0.25, 0.3) is 20.2 Å². The highest BCUT2D eigenvalue weighted by molar-refractivity contribution is 7.86. The van der Waals surface area contributed by atoms with E-state index in [4.69, 9.17) is 18.6 Å². The Morgan fingerprint density at radius 3 is 1.38 bits per heavy atom. The number of carbonyl (C=O) groups is 2. The lowest BCUT2D eigenvalue weighted by atomic mass is 9.83. The summed E-state index contributed by atoms with van der Waals surface area (Å²) in [7, 11) is -8.33. The van der Waals surface area contributed by atoms with Crippen LogP contribution in [0.15, 0.2) is 36.4 Å². The van der Waals surface area contributed by atoms with Crippen LogP contribution in [0.5, 0.6) is 11.5 Å². The van der Waals surface area contributed by atoms with Crippen molar-refractivity contribution in [3.05, 3.63) is 58.7 Å². The summed E-state index contributed by atoms with van der Waals surface area (Å²) in [4.78, 5) is 26.3. The van der Waals surface area contributed by atoms with E-state index in [1.54, 1.807) is 12.1 Å². The van der Waals surface area contributed by atoms with Crippen LogP contribution in [0.25, 0.3) is 0 Å². The first-order chi connectivity index (χ1) is 15.0. The number of ether oxygens (including phenoxy) is 2. The van der Waals surface area contributed by atoms with Crippen molar-refractivity contribution in [1.82, 2.24) is 0 Å². The van der Waals surface area contributed by atoms with E-state index in [0.29, 0.717) is 0 Å². The predicted molar refractivity (Wildman–Crippen MR) is 113 cm³/mol. The number of rotatable bonds is 10. The first kappa shape index (κ1) is 23.9. The Bertz CT molecular complexity index is 1170. The van der Waals surface area contributed by atoms with E-state index >= 15 is 0 Å². The van der Waals surface area contributed by atoms with Gasteiger partial charge < -0.3 is 9.47 Å².